The Morgan fingerprint density at radius 2 is 1.58 bits per heavy atom. The number of halogens is 1. The number of amides is 1. The highest BCUT2D eigenvalue weighted by Gasteiger charge is 2.31. The SMILES string of the molecule is CC(=O)Oc1ccccc1N(C(C)=O)S(=O)(=O)c1ccc(Cl)cc1. The summed E-state index contributed by atoms with van der Waals surface area (Å²) in [5.74, 6) is -1.41. The van der Waals surface area contributed by atoms with E-state index < -0.39 is 21.9 Å². The predicted octanol–water partition coefficient (Wildman–Crippen LogP) is 3.01. The third-order valence-corrected chi connectivity index (χ3v) is 5.03. The molecule has 24 heavy (non-hydrogen) atoms. The summed E-state index contributed by atoms with van der Waals surface area (Å²) in [6.07, 6.45) is 0. The zero-order chi connectivity index (χ0) is 17.9. The van der Waals surface area contributed by atoms with E-state index in [9.17, 15) is 18.0 Å². The fraction of sp³-hybridized carbons (Fsp3) is 0.125. The monoisotopic (exact) mass is 367 g/mol. The Balaban J connectivity index is 2.61. The molecule has 0 fully saturated rings. The maximum atomic E-state index is 12.8. The number of esters is 1. The minimum absolute atomic E-state index is 0.0299. The van der Waals surface area contributed by atoms with Gasteiger partial charge in [-0.25, -0.2) is 8.42 Å². The Bertz CT molecular complexity index is 878. The van der Waals surface area contributed by atoms with Crippen molar-refractivity contribution >= 4 is 39.2 Å². The normalized spacial score (nSPS) is 11.0. The summed E-state index contributed by atoms with van der Waals surface area (Å²) in [5, 5.41) is 0.364. The molecule has 0 aromatic heterocycles. The molecule has 8 heteroatoms. The maximum Gasteiger partial charge on any atom is 0.308 e. The van der Waals surface area contributed by atoms with E-state index in [1.54, 1.807) is 6.07 Å². The minimum atomic E-state index is -4.19. The molecule has 0 N–H and O–H groups in total. The van der Waals surface area contributed by atoms with Crippen LogP contribution in [0.15, 0.2) is 53.4 Å². The fourth-order valence-electron chi connectivity index (χ4n) is 2.05. The van der Waals surface area contributed by atoms with Crippen LogP contribution in [0.25, 0.3) is 0 Å². The van der Waals surface area contributed by atoms with E-state index >= 15 is 0 Å². The molecule has 6 nitrogen and oxygen atoms in total. The average Bonchev–Trinajstić information content (AvgIpc) is 2.48. The van der Waals surface area contributed by atoms with Crippen LogP contribution >= 0.6 is 11.6 Å². The lowest BCUT2D eigenvalue weighted by atomic mass is 10.3. The van der Waals surface area contributed by atoms with Crippen molar-refractivity contribution < 1.29 is 22.7 Å². The van der Waals surface area contributed by atoms with Crippen LogP contribution < -0.4 is 9.04 Å². The van der Waals surface area contributed by atoms with Gasteiger partial charge >= 0.3 is 5.97 Å². The summed E-state index contributed by atoms with van der Waals surface area (Å²) in [6.45, 7) is 2.29. The molecule has 0 spiro atoms. The first kappa shape index (κ1) is 18.0. The first-order valence-corrected chi connectivity index (χ1v) is 8.64. The Morgan fingerprint density at radius 1 is 1.00 bits per heavy atom. The molecule has 0 radical (unpaired) electrons. The van der Waals surface area contributed by atoms with Gasteiger partial charge in [0, 0.05) is 18.9 Å². The van der Waals surface area contributed by atoms with Gasteiger partial charge in [0.15, 0.2) is 5.75 Å². The number of nitrogens with zero attached hydrogens (tertiary/aromatic N) is 1. The average molecular weight is 368 g/mol. The molecule has 0 aliphatic heterocycles. The van der Waals surface area contributed by atoms with Gasteiger partial charge < -0.3 is 4.74 Å². The molecular formula is C16H14ClNO5S. The van der Waals surface area contributed by atoms with E-state index in [0.29, 0.717) is 9.33 Å². The van der Waals surface area contributed by atoms with Crippen LogP contribution in [0.4, 0.5) is 5.69 Å². The number of carbonyl (C=O) groups excluding carboxylic acids is 2. The number of ether oxygens (including phenoxy) is 1. The molecule has 2 rings (SSSR count). The first-order chi connectivity index (χ1) is 11.2. The van der Waals surface area contributed by atoms with Crippen molar-refractivity contribution in [1.82, 2.24) is 0 Å². The van der Waals surface area contributed by atoms with E-state index in [1.807, 2.05) is 0 Å². The molecule has 0 saturated carbocycles. The Kier molecular flexibility index (Phi) is 5.26. The number of hydrogen-bond acceptors (Lipinski definition) is 5. The van der Waals surface area contributed by atoms with E-state index in [1.165, 1.54) is 49.4 Å². The van der Waals surface area contributed by atoms with Gasteiger partial charge in [0.05, 0.1) is 4.90 Å². The summed E-state index contributed by atoms with van der Waals surface area (Å²) >= 11 is 5.77. The number of benzene rings is 2. The second-order valence-corrected chi connectivity index (χ2v) is 7.03. The van der Waals surface area contributed by atoms with Crippen molar-refractivity contribution in [1.29, 1.82) is 0 Å². The largest absolute Gasteiger partial charge is 0.424 e. The van der Waals surface area contributed by atoms with E-state index in [4.69, 9.17) is 16.3 Å². The van der Waals surface area contributed by atoms with Crippen LogP contribution in [0.5, 0.6) is 5.75 Å². The lowest BCUT2D eigenvalue weighted by molar-refractivity contribution is -0.132. The molecule has 0 saturated heterocycles. The Labute approximate surface area is 144 Å². The smallest absolute Gasteiger partial charge is 0.308 e. The Hall–Kier alpha value is -2.38. The number of sulfonamides is 1. The van der Waals surface area contributed by atoms with Crippen molar-refractivity contribution in [2.45, 2.75) is 18.7 Å². The molecule has 0 unspecified atom stereocenters. The van der Waals surface area contributed by atoms with Gasteiger partial charge in [0.25, 0.3) is 10.0 Å². The van der Waals surface area contributed by atoms with Crippen molar-refractivity contribution in [3.05, 3.63) is 53.6 Å². The summed E-state index contributed by atoms with van der Waals surface area (Å²) < 4.78 is 31.3. The quantitative estimate of drug-likeness (QED) is 0.613. The van der Waals surface area contributed by atoms with Gasteiger partial charge in [0.1, 0.15) is 5.69 Å². The summed E-state index contributed by atoms with van der Waals surface area (Å²) in [5.41, 5.74) is -0.0462. The first-order valence-electron chi connectivity index (χ1n) is 6.82. The van der Waals surface area contributed by atoms with E-state index in [2.05, 4.69) is 0 Å². The fourth-order valence-corrected chi connectivity index (χ4v) is 3.61. The highest BCUT2D eigenvalue weighted by molar-refractivity contribution is 7.93. The van der Waals surface area contributed by atoms with Crippen LogP contribution in [0.1, 0.15) is 13.8 Å². The molecule has 0 atom stereocenters. The third-order valence-electron chi connectivity index (χ3n) is 2.98. The zero-order valence-electron chi connectivity index (χ0n) is 12.9. The summed E-state index contributed by atoms with van der Waals surface area (Å²) in [7, 11) is -4.19. The minimum Gasteiger partial charge on any atom is -0.424 e. The number of para-hydroxylation sites is 2. The van der Waals surface area contributed by atoms with E-state index in [-0.39, 0.29) is 16.3 Å². The highest BCUT2D eigenvalue weighted by atomic mass is 35.5. The number of rotatable bonds is 4. The summed E-state index contributed by atoms with van der Waals surface area (Å²) in [6, 6.07) is 11.3. The van der Waals surface area contributed by atoms with Gasteiger partial charge in [-0.1, -0.05) is 23.7 Å². The van der Waals surface area contributed by atoms with Crippen LogP contribution in [0.2, 0.25) is 5.02 Å². The second kappa shape index (κ2) is 7.02. The van der Waals surface area contributed by atoms with Crippen molar-refractivity contribution in [2.75, 3.05) is 4.31 Å². The molecule has 1 amide bonds. The lowest BCUT2D eigenvalue weighted by Crippen LogP contribution is -2.35. The van der Waals surface area contributed by atoms with E-state index in [0.717, 1.165) is 6.92 Å². The summed E-state index contributed by atoms with van der Waals surface area (Å²) in [4.78, 5) is 23.2. The molecule has 0 heterocycles. The molecular weight excluding hydrogens is 354 g/mol. The second-order valence-electron chi connectivity index (χ2n) is 4.80. The van der Waals surface area contributed by atoms with Crippen LogP contribution in [-0.2, 0) is 19.6 Å². The molecule has 0 aliphatic rings. The van der Waals surface area contributed by atoms with Crippen LogP contribution in [-0.4, -0.2) is 20.3 Å². The van der Waals surface area contributed by atoms with Gasteiger partial charge in [-0.15, -0.1) is 0 Å². The van der Waals surface area contributed by atoms with Gasteiger partial charge in [-0.3, -0.25) is 9.59 Å². The Morgan fingerprint density at radius 3 is 2.12 bits per heavy atom. The topological polar surface area (TPSA) is 80.8 Å². The maximum absolute atomic E-state index is 12.8. The standard InChI is InChI=1S/C16H14ClNO5S/c1-11(19)18(15-5-3-4-6-16(15)23-12(2)20)24(21,22)14-9-7-13(17)8-10-14/h3-10H,1-2H3. The third kappa shape index (κ3) is 3.74. The van der Waals surface area contributed by atoms with Gasteiger partial charge in [-0.2, -0.15) is 4.31 Å². The highest BCUT2D eigenvalue weighted by Crippen LogP contribution is 2.33. The van der Waals surface area contributed by atoms with Crippen LogP contribution in [0, 0.1) is 0 Å². The molecule has 0 bridgehead atoms. The van der Waals surface area contributed by atoms with Gasteiger partial charge in [0.2, 0.25) is 5.91 Å². The zero-order valence-corrected chi connectivity index (χ0v) is 14.5. The predicted molar refractivity (Wildman–Crippen MR) is 89.5 cm³/mol. The van der Waals surface area contributed by atoms with Crippen LogP contribution in [0.3, 0.4) is 0 Å². The number of carbonyl (C=O) groups is 2. The molecule has 126 valence electrons. The molecule has 0 aliphatic carbocycles. The number of anilines is 1. The molecule has 2 aromatic carbocycles. The van der Waals surface area contributed by atoms with Crippen molar-refractivity contribution in [3.63, 3.8) is 0 Å². The number of hydrogen-bond donors (Lipinski definition) is 0. The lowest BCUT2D eigenvalue weighted by Gasteiger charge is -2.23. The van der Waals surface area contributed by atoms with Crippen molar-refractivity contribution in [2.24, 2.45) is 0 Å². The molecule has 2 aromatic rings. The van der Waals surface area contributed by atoms with Gasteiger partial charge in [-0.05, 0) is 36.4 Å². The van der Waals surface area contributed by atoms with Crippen molar-refractivity contribution in [3.8, 4) is 5.75 Å².